The number of aryl methyl sites for hydroxylation is 2. The Morgan fingerprint density at radius 2 is 2.10 bits per heavy atom. The first kappa shape index (κ1) is 16.1. The lowest BCUT2D eigenvalue weighted by molar-refractivity contribution is -0.183. The third-order valence-electron chi connectivity index (χ3n) is 4.19. The van der Waals surface area contributed by atoms with Gasteiger partial charge in [-0.25, -0.2) is 4.68 Å². The Kier molecular flexibility index (Phi) is 4.81. The second-order valence-electron chi connectivity index (χ2n) is 5.68. The molecule has 1 aromatic rings. The summed E-state index contributed by atoms with van der Waals surface area (Å²) in [5.41, 5.74) is 1.75. The summed E-state index contributed by atoms with van der Waals surface area (Å²) in [6, 6.07) is -0.102. The van der Waals surface area contributed by atoms with E-state index < -0.39 is 12.1 Å². The SMILES string of the molecule is COc1c(CN[C@@H]2CCC[C@H](C(F)(F)F)C2)c(C)nn1C. The normalized spacial score (nSPS) is 23.3. The van der Waals surface area contributed by atoms with Gasteiger partial charge in [-0.3, -0.25) is 0 Å². The number of alkyl halides is 3. The molecular formula is C14H22F3N3O. The van der Waals surface area contributed by atoms with Crippen molar-refractivity contribution in [3.05, 3.63) is 11.3 Å². The predicted molar refractivity (Wildman–Crippen MR) is 73.1 cm³/mol. The number of halogens is 3. The van der Waals surface area contributed by atoms with Crippen LogP contribution in [0.4, 0.5) is 13.2 Å². The fraction of sp³-hybridized carbons (Fsp3) is 0.786. The highest BCUT2D eigenvalue weighted by Crippen LogP contribution is 2.37. The highest BCUT2D eigenvalue weighted by molar-refractivity contribution is 5.30. The van der Waals surface area contributed by atoms with Crippen molar-refractivity contribution in [3.63, 3.8) is 0 Å². The zero-order valence-electron chi connectivity index (χ0n) is 12.6. The Labute approximate surface area is 122 Å². The average molecular weight is 305 g/mol. The van der Waals surface area contributed by atoms with Crippen LogP contribution >= 0.6 is 0 Å². The highest BCUT2D eigenvalue weighted by Gasteiger charge is 2.42. The molecule has 21 heavy (non-hydrogen) atoms. The molecule has 0 radical (unpaired) electrons. The predicted octanol–water partition coefficient (Wildman–Crippen LogP) is 2.95. The minimum absolute atomic E-state index is 0.102. The quantitative estimate of drug-likeness (QED) is 0.929. The number of hydrogen-bond acceptors (Lipinski definition) is 3. The Morgan fingerprint density at radius 3 is 2.71 bits per heavy atom. The van der Waals surface area contributed by atoms with Crippen LogP contribution < -0.4 is 10.1 Å². The summed E-state index contributed by atoms with van der Waals surface area (Å²) in [6.45, 7) is 2.36. The van der Waals surface area contributed by atoms with Gasteiger partial charge in [0, 0.05) is 19.6 Å². The molecule has 0 aliphatic heterocycles. The second kappa shape index (κ2) is 6.25. The Balaban J connectivity index is 1.97. The summed E-state index contributed by atoms with van der Waals surface area (Å²) in [6.07, 6.45) is -2.27. The number of rotatable bonds is 4. The average Bonchev–Trinajstić information content (AvgIpc) is 2.69. The van der Waals surface area contributed by atoms with E-state index in [1.54, 1.807) is 18.8 Å². The van der Waals surface area contributed by atoms with E-state index in [0.29, 0.717) is 18.8 Å². The molecule has 0 aromatic carbocycles. The molecule has 0 bridgehead atoms. The van der Waals surface area contributed by atoms with Gasteiger partial charge in [-0.05, 0) is 26.2 Å². The molecule has 1 N–H and O–H groups in total. The highest BCUT2D eigenvalue weighted by atomic mass is 19.4. The lowest BCUT2D eigenvalue weighted by Gasteiger charge is -2.31. The lowest BCUT2D eigenvalue weighted by Crippen LogP contribution is -2.38. The van der Waals surface area contributed by atoms with Crippen LogP contribution in [-0.2, 0) is 13.6 Å². The van der Waals surface area contributed by atoms with E-state index in [1.807, 2.05) is 6.92 Å². The minimum atomic E-state index is -4.08. The summed E-state index contributed by atoms with van der Waals surface area (Å²) >= 11 is 0. The molecule has 4 nitrogen and oxygen atoms in total. The largest absolute Gasteiger partial charge is 0.481 e. The smallest absolute Gasteiger partial charge is 0.391 e. The molecule has 7 heteroatoms. The van der Waals surface area contributed by atoms with Gasteiger partial charge >= 0.3 is 6.18 Å². The van der Waals surface area contributed by atoms with Crippen molar-refractivity contribution in [1.82, 2.24) is 15.1 Å². The van der Waals surface area contributed by atoms with Crippen molar-refractivity contribution in [2.24, 2.45) is 13.0 Å². The van der Waals surface area contributed by atoms with Gasteiger partial charge in [0.2, 0.25) is 5.88 Å². The van der Waals surface area contributed by atoms with E-state index in [0.717, 1.165) is 17.7 Å². The van der Waals surface area contributed by atoms with Gasteiger partial charge in [0.25, 0.3) is 0 Å². The molecule has 0 unspecified atom stereocenters. The molecule has 1 aromatic heterocycles. The van der Waals surface area contributed by atoms with Gasteiger partial charge in [0.05, 0.1) is 24.3 Å². The monoisotopic (exact) mass is 305 g/mol. The van der Waals surface area contributed by atoms with Crippen molar-refractivity contribution in [3.8, 4) is 5.88 Å². The van der Waals surface area contributed by atoms with Gasteiger partial charge in [0.1, 0.15) is 0 Å². The van der Waals surface area contributed by atoms with Gasteiger partial charge < -0.3 is 10.1 Å². The van der Waals surface area contributed by atoms with Crippen LogP contribution in [0.3, 0.4) is 0 Å². The molecule has 2 atom stereocenters. The van der Waals surface area contributed by atoms with Crippen molar-refractivity contribution in [2.45, 2.75) is 51.4 Å². The number of nitrogens with one attached hydrogen (secondary N) is 1. The summed E-state index contributed by atoms with van der Waals surface area (Å²) in [5.74, 6) is -0.524. The Hall–Kier alpha value is -1.24. The fourth-order valence-electron chi connectivity index (χ4n) is 3.06. The van der Waals surface area contributed by atoms with Crippen molar-refractivity contribution in [2.75, 3.05) is 7.11 Å². The summed E-state index contributed by atoms with van der Waals surface area (Å²) < 4.78 is 45.3. The van der Waals surface area contributed by atoms with E-state index in [1.165, 1.54) is 0 Å². The number of ether oxygens (including phenoxy) is 1. The Bertz CT molecular complexity index is 485. The van der Waals surface area contributed by atoms with E-state index in [-0.39, 0.29) is 18.9 Å². The van der Waals surface area contributed by atoms with Crippen LogP contribution in [0.25, 0.3) is 0 Å². The third-order valence-corrected chi connectivity index (χ3v) is 4.19. The van der Waals surface area contributed by atoms with Crippen molar-refractivity contribution < 1.29 is 17.9 Å². The second-order valence-corrected chi connectivity index (χ2v) is 5.68. The van der Waals surface area contributed by atoms with E-state index in [2.05, 4.69) is 10.4 Å². The van der Waals surface area contributed by atoms with Gasteiger partial charge in [-0.1, -0.05) is 6.42 Å². The Morgan fingerprint density at radius 1 is 1.38 bits per heavy atom. The maximum atomic E-state index is 12.8. The molecule has 1 aliphatic carbocycles. The molecule has 0 spiro atoms. The van der Waals surface area contributed by atoms with E-state index >= 15 is 0 Å². The molecule has 0 amide bonds. The maximum Gasteiger partial charge on any atom is 0.391 e. The van der Waals surface area contributed by atoms with E-state index in [9.17, 15) is 13.2 Å². The standard InChI is InChI=1S/C14H22F3N3O/c1-9-12(13(21-3)20(2)19-9)8-18-11-6-4-5-10(7-11)14(15,16)17/h10-11,18H,4-8H2,1-3H3/t10-,11+/m0/s1. The number of nitrogens with zero attached hydrogens (tertiary/aromatic N) is 2. The molecular weight excluding hydrogens is 283 g/mol. The van der Waals surface area contributed by atoms with Crippen LogP contribution in [0.15, 0.2) is 0 Å². The van der Waals surface area contributed by atoms with Crippen LogP contribution in [0.1, 0.15) is 36.9 Å². The number of methoxy groups -OCH3 is 1. The first-order chi connectivity index (χ1) is 9.82. The van der Waals surface area contributed by atoms with Gasteiger partial charge in [-0.15, -0.1) is 0 Å². The third kappa shape index (κ3) is 3.70. The first-order valence-corrected chi connectivity index (χ1v) is 7.19. The van der Waals surface area contributed by atoms with Crippen LogP contribution in [-0.4, -0.2) is 29.1 Å². The summed E-state index contributed by atoms with van der Waals surface area (Å²) in [5, 5.41) is 7.51. The lowest BCUT2D eigenvalue weighted by atomic mass is 9.85. The summed E-state index contributed by atoms with van der Waals surface area (Å²) in [7, 11) is 3.36. The van der Waals surface area contributed by atoms with Crippen LogP contribution in [0, 0.1) is 12.8 Å². The fourth-order valence-corrected chi connectivity index (χ4v) is 3.06. The van der Waals surface area contributed by atoms with Crippen molar-refractivity contribution >= 4 is 0 Å². The zero-order valence-corrected chi connectivity index (χ0v) is 12.6. The van der Waals surface area contributed by atoms with E-state index in [4.69, 9.17) is 4.74 Å². The van der Waals surface area contributed by atoms with Crippen LogP contribution in [0.2, 0.25) is 0 Å². The molecule has 1 aliphatic rings. The number of aromatic nitrogens is 2. The minimum Gasteiger partial charge on any atom is -0.481 e. The van der Waals surface area contributed by atoms with Gasteiger partial charge in [-0.2, -0.15) is 18.3 Å². The van der Waals surface area contributed by atoms with Crippen molar-refractivity contribution in [1.29, 1.82) is 0 Å². The number of hydrogen-bond donors (Lipinski definition) is 1. The molecule has 2 rings (SSSR count). The molecule has 1 saturated carbocycles. The topological polar surface area (TPSA) is 39.1 Å². The first-order valence-electron chi connectivity index (χ1n) is 7.19. The molecule has 1 fully saturated rings. The maximum absolute atomic E-state index is 12.8. The van der Waals surface area contributed by atoms with Gasteiger partial charge in [0.15, 0.2) is 0 Å². The molecule has 1 heterocycles. The zero-order chi connectivity index (χ0) is 15.6. The molecule has 120 valence electrons. The molecule has 0 saturated heterocycles. The van der Waals surface area contributed by atoms with Crippen LogP contribution in [0.5, 0.6) is 5.88 Å². The summed E-state index contributed by atoms with van der Waals surface area (Å²) in [4.78, 5) is 0.